The molecular formula is C21H46N2O3. The number of hydrogen-bond acceptors (Lipinski definition) is 3. The summed E-state index contributed by atoms with van der Waals surface area (Å²) >= 11 is 0. The maximum absolute atomic E-state index is 8.25. The van der Waals surface area contributed by atoms with Gasteiger partial charge in [0.2, 0.25) is 0 Å². The van der Waals surface area contributed by atoms with E-state index in [1.165, 1.54) is 109 Å². The van der Waals surface area contributed by atoms with Crippen LogP contribution in [-0.2, 0) is 0 Å². The summed E-state index contributed by atoms with van der Waals surface area (Å²) in [5.41, 5.74) is 0. The molecule has 0 bridgehead atoms. The largest absolute Gasteiger partial charge is 0.356 e. The third-order valence-corrected chi connectivity index (χ3v) is 4.68. The molecule has 0 aromatic rings. The molecule has 5 nitrogen and oxygen atoms in total. The first-order valence-corrected chi connectivity index (χ1v) is 10.9. The van der Waals surface area contributed by atoms with Crippen LogP contribution < -0.4 is 0 Å². The Labute approximate surface area is 162 Å². The second-order valence-corrected chi connectivity index (χ2v) is 8.54. The van der Waals surface area contributed by atoms with Crippen molar-refractivity contribution >= 4 is 0 Å². The fraction of sp³-hybridized carbons (Fsp3) is 1.00. The van der Waals surface area contributed by atoms with E-state index in [9.17, 15) is 0 Å². The van der Waals surface area contributed by atoms with Crippen LogP contribution in [0.4, 0.5) is 0 Å². The molecule has 0 aliphatic heterocycles. The molecule has 0 radical (unpaired) electrons. The molecule has 0 fully saturated rings. The van der Waals surface area contributed by atoms with Crippen molar-refractivity contribution in [1.82, 2.24) is 0 Å². The smallest absolute Gasteiger partial charge is 0.0780 e. The normalized spacial score (nSPS) is 11.1. The lowest BCUT2D eigenvalue weighted by molar-refractivity contribution is -0.870. The molecule has 0 amide bonds. The van der Waals surface area contributed by atoms with Gasteiger partial charge in [0.15, 0.2) is 0 Å². The van der Waals surface area contributed by atoms with Crippen LogP contribution in [0.5, 0.6) is 0 Å². The second-order valence-electron chi connectivity index (χ2n) is 8.54. The molecule has 0 spiro atoms. The van der Waals surface area contributed by atoms with Crippen molar-refractivity contribution in [3.63, 3.8) is 0 Å². The van der Waals surface area contributed by atoms with Gasteiger partial charge in [-0.15, -0.1) is 0 Å². The quantitative estimate of drug-likeness (QED) is 0.123. The van der Waals surface area contributed by atoms with Crippen LogP contribution >= 0.6 is 0 Å². The van der Waals surface area contributed by atoms with Gasteiger partial charge in [-0.25, -0.2) is 0 Å². The summed E-state index contributed by atoms with van der Waals surface area (Å²) < 4.78 is 1.12. The van der Waals surface area contributed by atoms with Gasteiger partial charge < -0.3 is 19.8 Å². The highest BCUT2D eigenvalue weighted by molar-refractivity contribution is 4.49. The molecule has 0 N–H and O–H groups in total. The zero-order chi connectivity index (χ0) is 20.1. The number of hydrogen-bond donors (Lipinski definition) is 0. The molecule has 26 heavy (non-hydrogen) atoms. The van der Waals surface area contributed by atoms with E-state index in [4.69, 9.17) is 15.3 Å². The first kappa shape index (κ1) is 27.4. The first-order valence-electron chi connectivity index (χ1n) is 10.9. The van der Waals surface area contributed by atoms with Crippen LogP contribution in [0.3, 0.4) is 0 Å². The lowest BCUT2D eigenvalue weighted by atomic mass is 10.0. The molecule has 0 saturated heterocycles. The molecule has 0 aliphatic rings. The summed E-state index contributed by atoms with van der Waals surface area (Å²) in [5, 5.41) is 14.8. The molecule has 0 atom stereocenters. The lowest BCUT2D eigenvalue weighted by Crippen LogP contribution is -2.35. The Morgan fingerprint density at radius 1 is 0.577 bits per heavy atom. The zero-order valence-corrected chi connectivity index (χ0v) is 18.1. The van der Waals surface area contributed by atoms with Crippen LogP contribution in [0, 0.1) is 15.3 Å². The number of nitrogens with zero attached hydrogens (tertiary/aromatic N) is 2. The van der Waals surface area contributed by atoms with Crippen molar-refractivity contribution in [3.05, 3.63) is 15.3 Å². The van der Waals surface area contributed by atoms with Crippen LogP contribution in [0.25, 0.3) is 0 Å². The molecule has 0 aliphatic carbocycles. The third-order valence-electron chi connectivity index (χ3n) is 4.68. The molecule has 0 heterocycles. The van der Waals surface area contributed by atoms with E-state index in [1.807, 2.05) is 0 Å². The summed E-state index contributed by atoms with van der Waals surface area (Å²) in [4.78, 5) is 8.25. The van der Waals surface area contributed by atoms with Crippen molar-refractivity contribution < 1.29 is 9.57 Å². The maximum Gasteiger partial charge on any atom is 0.0780 e. The van der Waals surface area contributed by atoms with E-state index < -0.39 is 5.09 Å². The van der Waals surface area contributed by atoms with Crippen molar-refractivity contribution in [3.8, 4) is 0 Å². The van der Waals surface area contributed by atoms with Crippen LogP contribution in [0.1, 0.15) is 110 Å². The summed E-state index contributed by atoms with van der Waals surface area (Å²) in [7, 11) is 6.89. The molecule has 5 heteroatoms. The van der Waals surface area contributed by atoms with Crippen molar-refractivity contribution in [2.45, 2.75) is 110 Å². The van der Waals surface area contributed by atoms with Gasteiger partial charge in [0.25, 0.3) is 0 Å². The minimum Gasteiger partial charge on any atom is -0.356 e. The van der Waals surface area contributed by atoms with Crippen molar-refractivity contribution in [1.29, 1.82) is 0 Å². The predicted molar refractivity (Wildman–Crippen MR) is 113 cm³/mol. The molecule has 0 aromatic carbocycles. The van der Waals surface area contributed by atoms with E-state index in [0.29, 0.717) is 0 Å². The number of quaternary nitrogens is 1. The highest BCUT2D eigenvalue weighted by atomic mass is 16.9. The van der Waals surface area contributed by atoms with E-state index in [2.05, 4.69) is 28.1 Å². The predicted octanol–water partition coefficient (Wildman–Crippen LogP) is 6.72. The standard InChI is InChI=1S/C21H46N.NO3/c1-5-6-7-8-9-10-11-12-13-14-15-16-17-18-19-20-21-22(2,3)4;2-1(3)4/h5-21H2,1-4H3;/q+1;-1. The van der Waals surface area contributed by atoms with Crippen molar-refractivity contribution in [2.75, 3.05) is 27.7 Å². The minimum absolute atomic E-state index is 1.12. The molecule has 0 rings (SSSR count). The summed E-state index contributed by atoms with van der Waals surface area (Å²) in [5.74, 6) is 0. The maximum atomic E-state index is 8.25. The molecule has 0 aromatic heterocycles. The van der Waals surface area contributed by atoms with Gasteiger partial charge in [0.05, 0.1) is 32.8 Å². The molecular weight excluding hydrogens is 328 g/mol. The average molecular weight is 375 g/mol. The van der Waals surface area contributed by atoms with Crippen LogP contribution in [0.2, 0.25) is 0 Å². The van der Waals surface area contributed by atoms with E-state index in [-0.39, 0.29) is 0 Å². The Hall–Kier alpha value is -0.840. The highest BCUT2D eigenvalue weighted by Gasteiger charge is 2.04. The Kier molecular flexibility index (Phi) is 21.6. The molecule has 0 unspecified atom stereocenters. The average Bonchev–Trinajstić information content (AvgIpc) is 2.53. The second kappa shape index (κ2) is 20.5. The third kappa shape index (κ3) is 34.5. The van der Waals surface area contributed by atoms with Gasteiger partial charge >= 0.3 is 0 Å². The van der Waals surface area contributed by atoms with Gasteiger partial charge in [-0.3, -0.25) is 0 Å². The SMILES string of the molecule is CCCCCCCCCCCCCCCCCC[N+](C)(C)C.O=[N+]([O-])[O-]. The van der Waals surface area contributed by atoms with E-state index in [0.717, 1.165) is 4.48 Å². The van der Waals surface area contributed by atoms with Crippen LogP contribution in [0.15, 0.2) is 0 Å². The van der Waals surface area contributed by atoms with Crippen LogP contribution in [-0.4, -0.2) is 37.3 Å². The monoisotopic (exact) mass is 374 g/mol. The van der Waals surface area contributed by atoms with E-state index >= 15 is 0 Å². The number of rotatable bonds is 17. The fourth-order valence-electron chi connectivity index (χ4n) is 3.13. The Balaban J connectivity index is 0. The summed E-state index contributed by atoms with van der Waals surface area (Å²) in [6.07, 6.45) is 23.4. The molecule has 158 valence electrons. The van der Waals surface area contributed by atoms with Gasteiger partial charge in [-0.2, -0.15) is 0 Å². The van der Waals surface area contributed by atoms with Gasteiger partial charge in [-0.1, -0.05) is 96.8 Å². The van der Waals surface area contributed by atoms with E-state index in [1.54, 1.807) is 0 Å². The van der Waals surface area contributed by atoms with Gasteiger partial charge in [0, 0.05) is 0 Å². The zero-order valence-electron chi connectivity index (χ0n) is 18.1. The Morgan fingerprint density at radius 2 is 0.808 bits per heavy atom. The fourth-order valence-corrected chi connectivity index (χ4v) is 3.13. The van der Waals surface area contributed by atoms with Crippen molar-refractivity contribution in [2.24, 2.45) is 0 Å². The highest BCUT2D eigenvalue weighted by Crippen LogP contribution is 2.13. The summed E-state index contributed by atoms with van der Waals surface area (Å²) in [6, 6.07) is 0. The first-order chi connectivity index (χ1) is 12.3. The van der Waals surface area contributed by atoms with Gasteiger partial charge in [0.1, 0.15) is 0 Å². The minimum atomic E-state index is -1.75. The Morgan fingerprint density at radius 3 is 1.04 bits per heavy atom. The van der Waals surface area contributed by atoms with Gasteiger partial charge in [-0.05, 0) is 12.8 Å². The topological polar surface area (TPSA) is 66.2 Å². The summed E-state index contributed by atoms with van der Waals surface area (Å²) in [6.45, 7) is 3.63. The lowest BCUT2D eigenvalue weighted by Gasteiger charge is -2.23. The Bertz CT molecular complexity index is 287. The number of unbranched alkanes of at least 4 members (excludes halogenated alkanes) is 15. The molecule has 0 saturated carbocycles.